The zero-order chi connectivity index (χ0) is 16.0. The molecule has 22 heavy (non-hydrogen) atoms. The molecular formula is C15H23N5O2. The number of fused-ring (bicyclic) bond motifs is 1. The van der Waals surface area contributed by atoms with Crippen LogP contribution in [0, 0.1) is 0 Å². The van der Waals surface area contributed by atoms with E-state index in [4.69, 9.17) is 0 Å². The van der Waals surface area contributed by atoms with Crippen molar-refractivity contribution >= 4 is 11.2 Å². The fourth-order valence-electron chi connectivity index (χ4n) is 3.30. The van der Waals surface area contributed by atoms with E-state index in [9.17, 15) is 9.59 Å². The van der Waals surface area contributed by atoms with Crippen molar-refractivity contribution in [2.24, 2.45) is 7.05 Å². The molecule has 1 unspecified atom stereocenters. The summed E-state index contributed by atoms with van der Waals surface area (Å²) in [4.78, 5) is 29.8. The molecule has 120 valence electrons. The fourth-order valence-corrected chi connectivity index (χ4v) is 3.30. The molecule has 1 atom stereocenters. The normalized spacial score (nSPS) is 18.7. The van der Waals surface area contributed by atoms with Crippen LogP contribution in [0.1, 0.15) is 45.1 Å². The van der Waals surface area contributed by atoms with Gasteiger partial charge in [0.1, 0.15) is 5.82 Å². The summed E-state index contributed by atoms with van der Waals surface area (Å²) in [6.07, 6.45) is 1.71. The highest BCUT2D eigenvalue weighted by Crippen LogP contribution is 2.24. The molecular weight excluding hydrogens is 282 g/mol. The lowest BCUT2D eigenvalue weighted by atomic mass is 10.2. The van der Waals surface area contributed by atoms with Crippen LogP contribution in [0.2, 0.25) is 0 Å². The predicted molar refractivity (Wildman–Crippen MR) is 85.5 cm³/mol. The monoisotopic (exact) mass is 305 g/mol. The summed E-state index contributed by atoms with van der Waals surface area (Å²) in [6.45, 7) is 7.68. The minimum Gasteiger partial charge on any atom is -0.318 e. The summed E-state index contributed by atoms with van der Waals surface area (Å²) < 4.78 is 4.87. The molecule has 0 aliphatic carbocycles. The molecule has 1 saturated heterocycles. The van der Waals surface area contributed by atoms with Crippen LogP contribution in [-0.4, -0.2) is 31.8 Å². The van der Waals surface area contributed by atoms with Gasteiger partial charge in [-0.25, -0.2) is 9.78 Å². The summed E-state index contributed by atoms with van der Waals surface area (Å²) in [5.74, 6) is 0.876. The Morgan fingerprint density at radius 3 is 2.64 bits per heavy atom. The van der Waals surface area contributed by atoms with Gasteiger partial charge in [0.2, 0.25) is 0 Å². The average Bonchev–Trinajstić information content (AvgIpc) is 3.11. The predicted octanol–water partition coefficient (Wildman–Crippen LogP) is 0.574. The number of nitrogens with zero attached hydrogens (tertiary/aromatic N) is 4. The second-order valence-electron chi connectivity index (χ2n) is 6.18. The largest absolute Gasteiger partial charge is 0.332 e. The van der Waals surface area contributed by atoms with Gasteiger partial charge in [-0.05, 0) is 26.8 Å². The molecule has 1 N–H and O–H groups in total. The molecule has 0 spiro atoms. The smallest absolute Gasteiger partial charge is 0.318 e. The van der Waals surface area contributed by atoms with Crippen molar-refractivity contribution in [3.8, 4) is 0 Å². The van der Waals surface area contributed by atoms with Crippen molar-refractivity contribution in [3.05, 3.63) is 26.7 Å². The second kappa shape index (κ2) is 5.39. The molecule has 3 heterocycles. The van der Waals surface area contributed by atoms with Crippen LogP contribution < -0.4 is 16.6 Å². The third-order valence-corrected chi connectivity index (χ3v) is 4.43. The van der Waals surface area contributed by atoms with Crippen LogP contribution in [0.3, 0.4) is 0 Å². The molecule has 1 fully saturated rings. The van der Waals surface area contributed by atoms with Gasteiger partial charge in [0, 0.05) is 32.1 Å². The van der Waals surface area contributed by atoms with Crippen LogP contribution in [0.15, 0.2) is 9.59 Å². The van der Waals surface area contributed by atoms with E-state index in [1.165, 1.54) is 4.57 Å². The average molecular weight is 305 g/mol. The van der Waals surface area contributed by atoms with Crippen LogP contribution in [0.4, 0.5) is 0 Å². The standard InChI is InChI=1S/C15H23N5O2/c1-5-11-17-13-12(20(11)10-6-7-16-8-10)14(21)18(4)15(22)19(13)9(2)3/h9-10,16H,5-8H2,1-4H3. The number of hydrogen-bond donors (Lipinski definition) is 1. The molecule has 0 aromatic carbocycles. The molecule has 0 amide bonds. The Bertz CT molecular complexity index is 821. The summed E-state index contributed by atoms with van der Waals surface area (Å²) in [7, 11) is 1.54. The van der Waals surface area contributed by atoms with Gasteiger partial charge in [0.15, 0.2) is 11.2 Å². The first-order valence-electron chi connectivity index (χ1n) is 7.90. The van der Waals surface area contributed by atoms with Crippen molar-refractivity contribution in [2.45, 2.75) is 45.7 Å². The van der Waals surface area contributed by atoms with Gasteiger partial charge in [0.25, 0.3) is 5.56 Å². The van der Waals surface area contributed by atoms with Gasteiger partial charge in [-0.1, -0.05) is 6.92 Å². The number of aryl methyl sites for hydroxylation is 1. The van der Waals surface area contributed by atoms with Crippen LogP contribution in [0.25, 0.3) is 11.2 Å². The molecule has 1 aliphatic rings. The quantitative estimate of drug-likeness (QED) is 0.900. The third kappa shape index (κ3) is 2.03. The van der Waals surface area contributed by atoms with Crippen molar-refractivity contribution in [3.63, 3.8) is 0 Å². The number of nitrogens with one attached hydrogen (secondary N) is 1. The van der Waals surface area contributed by atoms with E-state index < -0.39 is 0 Å². The van der Waals surface area contributed by atoms with Crippen molar-refractivity contribution in [1.82, 2.24) is 24.0 Å². The van der Waals surface area contributed by atoms with E-state index in [0.29, 0.717) is 11.2 Å². The zero-order valence-electron chi connectivity index (χ0n) is 13.6. The number of rotatable bonds is 3. The maximum atomic E-state index is 12.7. The highest BCUT2D eigenvalue weighted by Gasteiger charge is 2.26. The number of hydrogen-bond acceptors (Lipinski definition) is 4. The maximum Gasteiger partial charge on any atom is 0.332 e. The Morgan fingerprint density at radius 2 is 2.09 bits per heavy atom. The van der Waals surface area contributed by atoms with E-state index in [1.807, 2.05) is 20.8 Å². The molecule has 7 heteroatoms. The lowest BCUT2D eigenvalue weighted by Crippen LogP contribution is -2.39. The highest BCUT2D eigenvalue weighted by molar-refractivity contribution is 5.71. The molecule has 2 aromatic heterocycles. The first kappa shape index (κ1) is 15.0. The van der Waals surface area contributed by atoms with E-state index >= 15 is 0 Å². The molecule has 0 radical (unpaired) electrons. The SMILES string of the molecule is CCc1nc2c(c(=O)n(C)c(=O)n2C(C)C)n1C1CCNC1. The van der Waals surface area contributed by atoms with Gasteiger partial charge < -0.3 is 9.88 Å². The number of imidazole rings is 1. The van der Waals surface area contributed by atoms with Gasteiger partial charge in [-0.15, -0.1) is 0 Å². The van der Waals surface area contributed by atoms with Crippen LogP contribution >= 0.6 is 0 Å². The fraction of sp³-hybridized carbons (Fsp3) is 0.667. The highest BCUT2D eigenvalue weighted by atomic mass is 16.2. The van der Waals surface area contributed by atoms with E-state index in [0.717, 1.165) is 31.8 Å². The Morgan fingerprint density at radius 1 is 1.36 bits per heavy atom. The van der Waals surface area contributed by atoms with E-state index in [-0.39, 0.29) is 23.3 Å². The topological polar surface area (TPSA) is 73.8 Å². The molecule has 2 aromatic rings. The minimum absolute atomic E-state index is 0.0449. The first-order valence-corrected chi connectivity index (χ1v) is 7.90. The summed E-state index contributed by atoms with van der Waals surface area (Å²) in [5.41, 5.74) is 0.522. The van der Waals surface area contributed by atoms with Gasteiger partial charge in [0.05, 0.1) is 0 Å². The van der Waals surface area contributed by atoms with E-state index in [1.54, 1.807) is 11.6 Å². The first-order chi connectivity index (χ1) is 10.5. The Kier molecular flexibility index (Phi) is 3.68. The van der Waals surface area contributed by atoms with Gasteiger partial charge in [-0.3, -0.25) is 13.9 Å². The summed E-state index contributed by atoms with van der Waals surface area (Å²) in [6, 6.07) is 0.183. The molecule has 1 aliphatic heterocycles. The van der Waals surface area contributed by atoms with E-state index in [2.05, 4.69) is 14.9 Å². The Labute approximate surface area is 128 Å². The molecule has 7 nitrogen and oxygen atoms in total. The van der Waals surface area contributed by atoms with Crippen molar-refractivity contribution in [2.75, 3.05) is 13.1 Å². The summed E-state index contributed by atoms with van der Waals surface area (Å²) >= 11 is 0. The second-order valence-corrected chi connectivity index (χ2v) is 6.18. The maximum absolute atomic E-state index is 12.7. The Balaban J connectivity index is 2.45. The summed E-state index contributed by atoms with van der Waals surface area (Å²) in [5, 5.41) is 3.33. The zero-order valence-corrected chi connectivity index (χ0v) is 13.6. The lowest BCUT2D eigenvalue weighted by molar-refractivity contribution is 0.531. The van der Waals surface area contributed by atoms with Crippen molar-refractivity contribution in [1.29, 1.82) is 0 Å². The molecule has 0 bridgehead atoms. The minimum atomic E-state index is -0.302. The molecule has 3 rings (SSSR count). The van der Waals surface area contributed by atoms with Crippen molar-refractivity contribution < 1.29 is 0 Å². The van der Waals surface area contributed by atoms with Crippen LogP contribution in [-0.2, 0) is 13.5 Å². The number of aromatic nitrogens is 4. The van der Waals surface area contributed by atoms with Crippen LogP contribution in [0.5, 0.6) is 0 Å². The Hall–Kier alpha value is -1.89. The third-order valence-electron chi connectivity index (χ3n) is 4.43. The molecule has 0 saturated carbocycles. The van der Waals surface area contributed by atoms with Gasteiger partial charge in [-0.2, -0.15) is 0 Å². The van der Waals surface area contributed by atoms with Gasteiger partial charge >= 0.3 is 5.69 Å². The lowest BCUT2D eigenvalue weighted by Gasteiger charge is -2.16.